The van der Waals surface area contributed by atoms with Gasteiger partial charge in [0.1, 0.15) is 5.75 Å². The fourth-order valence-electron chi connectivity index (χ4n) is 2.77. The molecule has 4 nitrogen and oxygen atoms in total. The normalized spacial score (nSPS) is 23.4. The lowest BCUT2D eigenvalue weighted by atomic mass is 9.91. The van der Waals surface area contributed by atoms with Crippen LogP contribution in [0.1, 0.15) is 32.6 Å². The Morgan fingerprint density at radius 1 is 1.38 bits per heavy atom. The third-order valence-corrected chi connectivity index (χ3v) is 4.34. The monoisotopic (exact) mass is 311 g/mol. The average molecular weight is 312 g/mol. The Morgan fingerprint density at radius 2 is 2.05 bits per heavy atom. The second kappa shape index (κ2) is 7.14. The predicted octanol–water partition coefficient (Wildman–Crippen LogP) is 2.87. The second-order valence-electron chi connectivity index (χ2n) is 5.56. The van der Waals surface area contributed by atoms with Crippen molar-refractivity contribution in [2.75, 3.05) is 7.05 Å². The molecule has 0 saturated heterocycles. The van der Waals surface area contributed by atoms with E-state index in [1.807, 2.05) is 12.1 Å². The molecule has 1 saturated carbocycles. The molecule has 0 aromatic heterocycles. The van der Waals surface area contributed by atoms with Gasteiger partial charge in [-0.2, -0.15) is 0 Å². The minimum absolute atomic E-state index is 0.122. The molecule has 0 heterocycles. The summed E-state index contributed by atoms with van der Waals surface area (Å²) in [6, 6.07) is 6.97. The van der Waals surface area contributed by atoms with Gasteiger partial charge in [0.05, 0.1) is 17.2 Å². The number of carbonyl (C=O) groups is 1. The van der Waals surface area contributed by atoms with Crippen molar-refractivity contribution in [2.24, 2.45) is 0 Å². The fourth-order valence-corrected chi connectivity index (χ4v) is 2.96. The van der Waals surface area contributed by atoms with Gasteiger partial charge in [0.2, 0.25) is 0 Å². The van der Waals surface area contributed by atoms with E-state index in [1.54, 1.807) is 31.0 Å². The van der Waals surface area contributed by atoms with Crippen molar-refractivity contribution in [3.8, 4) is 5.75 Å². The molecule has 1 aromatic carbocycles. The number of para-hydroxylation sites is 1. The molecule has 1 N–H and O–H groups in total. The van der Waals surface area contributed by atoms with Crippen LogP contribution in [-0.2, 0) is 4.79 Å². The van der Waals surface area contributed by atoms with Crippen LogP contribution < -0.4 is 4.74 Å². The van der Waals surface area contributed by atoms with Gasteiger partial charge in [0, 0.05) is 7.05 Å². The summed E-state index contributed by atoms with van der Waals surface area (Å²) in [5.41, 5.74) is 0. The summed E-state index contributed by atoms with van der Waals surface area (Å²) in [7, 11) is 1.73. The minimum Gasteiger partial charge on any atom is -0.479 e. The van der Waals surface area contributed by atoms with Gasteiger partial charge in [-0.1, -0.05) is 36.6 Å². The van der Waals surface area contributed by atoms with E-state index in [9.17, 15) is 9.90 Å². The first kappa shape index (κ1) is 16.1. The number of aliphatic hydroxyl groups excluding tert-OH is 1. The van der Waals surface area contributed by atoms with Crippen LogP contribution in [0.4, 0.5) is 0 Å². The highest BCUT2D eigenvalue weighted by Gasteiger charge is 2.32. The molecule has 3 atom stereocenters. The molecule has 0 bridgehead atoms. The predicted molar refractivity (Wildman–Crippen MR) is 82.6 cm³/mol. The van der Waals surface area contributed by atoms with Gasteiger partial charge in [-0.15, -0.1) is 0 Å². The highest BCUT2D eigenvalue weighted by Crippen LogP contribution is 2.26. The first-order valence-electron chi connectivity index (χ1n) is 7.36. The molecule has 1 aliphatic rings. The molecule has 1 amide bonds. The van der Waals surface area contributed by atoms with Crippen LogP contribution in [0.3, 0.4) is 0 Å². The summed E-state index contributed by atoms with van der Waals surface area (Å²) in [4.78, 5) is 14.1. The number of amides is 1. The number of carbonyl (C=O) groups excluding carboxylic acids is 1. The molecule has 0 radical (unpaired) electrons. The zero-order chi connectivity index (χ0) is 15.4. The van der Waals surface area contributed by atoms with E-state index >= 15 is 0 Å². The lowest BCUT2D eigenvalue weighted by molar-refractivity contribution is -0.142. The molecule has 1 aliphatic carbocycles. The van der Waals surface area contributed by atoms with Crippen LogP contribution in [0, 0.1) is 0 Å². The van der Waals surface area contributed by atoms with Gasteiger partial charge in [-0.05, 0) is 31.9 Å². The van der Waals surface area contributed by atoms with E-state index in [2.05, 4.69) is 0 Å². The maximum atomic E-state index is 12.5. The van der Waals surface area contributed by atoms with Gasteiger partial charge in [-0.3, -0.25) is 4.79 Å². The van der Waals surface area contributed by atoms with Crippen molar-refractivity contribution in [3.63, 3.8) is 0 Å². The standard InChI is InChI=1S/C16H22ClNO3/c1-11(21-15-10-6-3-7-12(15)17)16(20)18(2)13-8-4-5-9-14(13)19/h3,6-7,10-11,13-14,19H,4-5,8-9H2,1-2H3/t11-,13-,14-/m1/s1. The van der Waals surface area contributed by atoms with Crippen LogP contribution in [0.5, 0.6) is 5.75 Å². The van der Waals surface area contributed by atoms with E-state index in [0.29, 0.717) is 10.8 Å². The highest BCUT2D eigenvalue weighted by molar-refractivity contribution is 6.32. The number of nitrogens with zero attached hydrogens (tertiary/aromatic N) is 1. The van der Waals surface area contributed by atoms with Crippen molar-refractivity contribution in [3.05, 3.63) is 29.3 Å². The zero-order valence-corrected chi connectivity index (χ0v) is 13.2. The van der Waals surface area contributed by atoms with Crippen molar-refractivity contribution in [1.29, 1.82) is 0 Å². The zero-order valence-electron chi connectivity index (χ0n) is 12.5. The summed E-state index contributed by atoms with van der Waals surface area (Å²) >= 11 is 6.03. The molecular weight excluding hydrogens is 290 g/mol. The Kier molecular flexibility index (Phi) is 5.48. The molecule has 5 heteroatoms. The van der Waals surface area contributed by atoms with Gasteiger partial charge >= 0.3 is 0 Å². The number of ether oxygens (including phenoxy) is 1. The quantitative estimate of drug-likeness (QED) is 0.930. The lowest BCUT2D eigenvalue weighted by Crippen LogP contribution is -2.50. The SMILES string of the molecule is C[C@@H](Oc1ccccc1Cl)C(=O)N(C)[C@@H]1CCCC[C@H]1O. The Morgan fingerprint density at radius 3 is 2.71 bits per heavy atom. The molecule has 0 aliphatic heterocycles. The van der Waals surface area contributed by atoms with Crippen LogP contribution in [0.2, 0.25) is 5.02 Å². The first-order chi connectivity index (χ1) is 10.0. The average Bonchev–Trinajstić information content (AvgIpc) is 2.48. The Bertz CT molecular complexity index is 494. The third-order valence-electron chi connectivity index (χ3n) is 4.03. The van der Waals surface area contributed by atoms with Gasteiger partial charge in [0.25, 0.3) is 5.91 Å². The topological polar surface area (TPSA) is 49.8 Å². The van der Waals surface area contributed by atoms with Crippen molar-refractivity contribution in [2.45, 2.75) is 50.9 Å². The van der Waals surface area contributed by atoms with E-state index in [4.69, 9.17) is 16.3 Å². The minimum atomic E-state index is -0.635. The number of hydrogen-bond donors (Lipinski definition) is 1. The number of hydrogen-bond acceptors (Lipinski definition) is 3. The molecule has 0 spiro atoms. The number of likely N-dealkylation sites (N-methyl/N-ethyl adjacent to an activating group) is 1. The number of rotatable bonds is 4. The van der Waals surface area contributed by atoms with Crippen LogP contribution >= 0.6 is 11.6 Å². The maximum absolute atomic E-state index is 12.5. The van der Waals surface area contributed by atoms with E-state index in [0.717, 1.165) is 25.7 Å². The summed E-state index contributed by atoms with van der Waals surface area (Å²) in [6.45, 7) is 1.71. The first-order valence-corrected chi connectivity index (χ1v) is 7.74. The molecular formula is C16H22ClNO3. The Labute approximate surface area is 130 Å². The molecule has 2 rings (SSSR count). The second-order valence-corrected chi connectivity index (χ2v) is 5.97. The van der Waals surface area contributed by atoms with Crippen LogP contribution in [0.25, 0.3) is 0 Å². The van der Waals surface area contributed by atoms with Crippen molar-refractivity contribution in [1.82, 2.24) is 4.90 Å². The summed E-state index contributed by atoms with van der Waals surface area (Å²) < 4.78 is 5.65. The summed E-state index contributed by atoms with van der Waals surface area (Å²) in [6.07, 6.45) is 2.57. The summed E-state index contributed by atoms with van der Waals surface area (Å²) in [5.74, 6) is 0.360. The van der Waals surface area contributed by atoms with Gasteiger partial charge < -0.3 is 14.7 Å². The maximum Gasteiger partial charge on any atom is 0.263 e. The molecule has 21 heavy (non-hydrogen) atoms. The molecule has 0 unspecified atom stereocenters. The highest BCUT2D eigenvalue weighted by atomic mass is 35.5. The van der Waals surface area contributed by atoms with Crippen molar-refractivity contribution < 1.29 is 14.6 Å². The Hall–Kier alpha value is -1.26. The molecule has 116 valence electrons. The van der Waals surface area contributed by atoms with Crippen LogP contribution in [-0.4, -0.2) is 41.2 Å². The molecule has 1 aromatic rings. The lowest BCUT2D eigenvalue weighted by Gasteiger charge is -2.36. The number of aliphatic hydroxyl groups is 1. The third kappa shape index (κ3) is 3.89. The summed E-state index contributed by atoms with van der Waals surface area (Å²) in [5, 5.41) is 10.5. The van der Waals surface area contributed by atoms with Crippen LogP contribution in [0.15, 0.2) is 24.3 Å². The van der Waals surface area contributed by atoms with E-state index in [-0.39, 0.29) is 11.9 Å². The number of halogens is 1. The number of benzene rings is 1. The van der Waals surface area contributed by atoms with E-state index < -0.39 is 12.2 Å². The van der Waals surface area contributed by atoms with Gasteiger partial charge in [0.15, 0.2) is 6.10 Å². The fraction of sp³-hybridized carbons (Fsp3) is 0.562. The largest absolute Gasteiger partial charge is 0.479 e. The van der Waals surface area contributed by atoms with Crippen molar-refractivity contribution >= 4 is 17.5 Å². The van der Waals surface area contributed by atoms with E-state index in [1.165, 1.54) is 0 Å². The molecule has 1 fully saturated rings. The Balaban J connectivity index is 2.00. The van der Waals surface area contributed by atoms with Gasteiger partial charge in [-0.25, -0.2) is 0 Å². The smallest absolute Gasteiger partial charge is 0.263 e.